The quantitative estimate of drug-likeness (QED) is 0.393. The second kappa shape index (κ2) is 9.61. The van der Waals surface area contributed by atoms with Gasteiger partial charge in [0, 0.05) is 37.4 Å². The van der Waals surface area contributed by atoms with E-state index in [1.165, 1.54) is 12.1 Å². The molecule has 2 N–H and O–H groups in total. The third-order valence-electron chi connectivity index (χ3n) is 5.83. The molecule has 0 unspecified atom stereocenters. The molecule has 0 aliphatic carbocycles. The lowest BCUT2D eigenvalue weighted by atomic mass is 9.97. The number of amides is 1. The molecule has 4 nitrogen and oxygen atoms in total. The number of halogens is 3. The molecule has 7 heteroatoms. The number of hydrogen-bond acceptors (Lipinski definition) is 2. The number of aromatic amines is 1. The Morgan fingerprint density at radius 1 is 1.09 bits per heavy atom. The minimum absolute atomic E-state index is 0.119. The van der Waals surface area contributed by atoms with E-state index in [9.17, 15) is 18.0 Å². The molecular weight excluding hydrogens is 415 g/mol. The van der Waals surface area contributed by atoms with E-state index in [1.807, 2.05) is 30.5 Å². The zero-order chi connectivity index (χ0) is 22.6. The van der Waals surface area contributed by atoms with E-state index < -0.39 is 11.7 Å². The van der Waals surface area contributed by atoms with Crippen molar-refractivity contribution in [2.24, 2.45) is 0 Å². The van der Waals surface area contributed by atoms with E-state index >= 15 is 0 Å². The highest BCUT2D eigenvalue weighted by atomic mass is 19.4. The second-order valence-electron chi connectivity index (χ2n) is 8.16. The van der Waals surface area contributed by atoms with Crippen LogP contribution in [0.1, 0.15) is 35.1 Å². The lowest BCUT2D eigenvalue weighted by Gasteiger charge is -2.29. The van der Waals surface area contributed by atoms with Crippen LogP contribution < -0.4 is 5.32 Å². The topological polar surface area (TPSA) is 48.1 Å². The minimum Gasteiger partial charge on any atom is -0.361 e. The summed E-state index contributed by atoms with van der Waals surface area (Å²) < 4.78 is 38.6. The summed E-state index contributed by atoms with van der Waals surface area (Å²) in [6.45, 7) is 2.89. The molecule has 0 atom stereocenters. The van der Waals surface area contributed by atoms with Crippen LogP contribution in [0.15, 0.2) is 54.7 Å². The summed E-state index contributed by atoms with van der Waals surface area (Å²) in [5.74, 6) is -0.119. The van der Waals surface area contributed by atoms with Crippen molar-refractivity contribution in [2.45, 2.75) is 32.0 Å². The smallest absolute Gasteiger partial charge is 0.361 e. The molecule has 2 heterocycles. The maximum absolute atomic E-state index is 12.9. The van der Waals surface area contributed by atoms with Gasteiger partial charge in [0.25, 0.3) is 0 Å². The SMILES string of the molecule is O=C(/C=C/c1ccc2[nH]ccc2c1)NCCCCN1CCc2cc(C(F)(F)F)ccc2C1. The highest BCUT2D eigenvalue weighted by molar-refractivity contribution is 5.92. The van der Waals surface area contributed by atoms with Crippen LogP contribution >= 0.6 is 0 Å². The second-order valence-corrected chi connectivity index (χ2v) is 8.16. The lowest BCUT2D eigenvalue weighted by Crippen LogP contribution is -2.32. The Morgan fingerprint density at radius 3 is 2.81 bits per heavy atom. The predicted molar refractivity (Wildman–Crippen MR) is 120 cm³/mol. The molecule has 1 amide bonds. The van der Waals surface area contributed by atoms with Crippen LogP contribution in [0.5, 0.6) is 0 Å². The summed E-state index contributed by atoms with van der Waals surface area (Å²) in [5.41, 5.74) is 3.24. The standard InChI is InChI=1S/C25H26F3N3O/c26-25(27,28)22-6-5-21-17-31(14-10-19(21)16-22)13-2-1-11-30-24(32)8-4-18-3-7-23-20(15-18)9-12-29-23/h3-9,12,15-16,29H,1-2,10-11,13-14,17H2,(H,30,32)/b8-4+. The van der Waals surface area contributed by atoms with Gasteiger partial charge in [0.2, 0.25) is 5.91 Å². The third-order valence-corrected chi connectivity index (χ3v) is 5.83. The average Bonchev–Trinajstić information content (AvgIpc) is 3.24. The van der Waals surface area contributed by atoms with Crippen molar-refractivity contribution < 1.29 is 18.0 Å². The van der Waals surface area contributed by atoms with Gasteiger partial charge in [-0.1, -0.05) is 12.1 Å². The van der Waals surface area contributed by atoms with Gasteiger partial charge >= 0.3 is 6.18 Å². The fourth-order valence-electron chi connectivity index (χ4n) is 4.06. The van der Waals surface area contributed by atoms with E-state index in [-0.39, 0.29) is 5.91 Å². The Balaban J connectivity index is 1.16. The number of fused-ring (bicyclic) bond motifs is 2. The van der Waals surface area contributed by atoms with Crippen molar-refractivity contribution in [3.8, 4) is 0 Å². The fourth-order valence-corrected chi connectivity index (χ4v) is 4.06. The average molecular weight is 441 g/mol. The molecule has 1 aliphatic heterocycles. The zero-order valence-electron chi connectivity index (χ0n) is 17.7. The number of benzene rings is 2. The molecule has 168 valence electrons. The van der Waals surface area contributed by atoms with Crippen molar-refractivity contribution >= 4 is 22.9 Å². The Labute approximate surface area is 185 Å². The van der Waals surface area contributed by atoms with E-state index in [0.29, 0.717) is 19.5 Å². The molecule has 1 aliphatic rings. The van der Waals surface area contributed by atoms with Gasteiger partial charge in [0.1, 0.15) is 0 Å². The number of nitrogens with one attached hydrogen (secondary N) is 2. The summed E-state index contributed by atoms with van der Waals surface area (Å²) in [7, 11) is 0. The van der Waals surface area contributed by atoms with Gasteiger partial charge in [0.05, 0.1) is 5.56 Å². The first-order valence-corrected chi connectivity index (χ1v) is 10.8. The summed E-state index contributed by atoms with van der Waals surface area (Å²) in [6, 6.07) is 12.0. The number of unbranched alkanes of at least 4 members (excludes halogenated alkanes) is 1. The van der Waals surface area contributed by atoms with Crippen molar-refractivity contribution in [1.82, 2.24) is 15.2 Å². The van der Waals surface area contributed by atoms with Crippen LogP contribution in [0.4, 0.5) is 13.2 Å². The molecule has 0 fully saturated rings. The number of aromatic nitrogens is 1. The first-order chi connectivity index (χ1) is 15.4. The Hall–Kier alpha value is -3.06. The molecule has 4 rings (SSSR count). The molecule has 1 aromatic heterocycles. The van der Waals surface area contributed by atoms with E-state index in [2.05, 4.69) is 15.2 Å². The van der Waals surface area contributed by atoms with Gasteiger partial charge in [-0.2, -0.15) is 13.2 Å². The number of rotatable bonds is 7. The molecule has 32 heavy (non-hydrogen) atoms. The van der Waals surface area contributed by atoms with Crippen LogP contribution in [0, 0.1) is 0 Å². The van der Waals surface area contributed by atoms with Gasteiger partial charge in [-0.05, 0) is 84.3 Å². The van der Waals surface area contributed by atoms with Crippen LogP contribution in [-0.2, 0) is 23.9 Å². The Kier molecular flexibility index (Phi) is 6.65. The van der Waals surface area contributed by atoms with Crippen LogP contribution in [-0.4, -0.2) is 35.4 Å². The number of nitrogens with zero attached hydrogens (tertiary/aromatic N) is 1. The summed E-state index contributed by atoms with van der Waals surface area (Å²) in [4.78, 5) is 17.4. The zero-order valence-corrected chi connectivity index (χ0v) is 17.7. The van der Waals surface area contributed by atoms with Crippen LogP contribution in [0.25, 0.3) is 17.0 Å². The summed E-state index contributed by atoms with van der Waals surface area (Å²) >= 11 is 0. The first kappa shape index (κ1) is 22.1. The maximum atomic E-state index is 12.9. The molecule has 0 saturated carbocycles. The maximum Gasteiger partial charge on any atom is 0.416 e. The van der Waals surface area contributed by atoms with E-state index in [1.54, 1.807) is 18.2 Å². The number of H-pyrrole nitrogens is 1. The van der Waals surface area contributed by atoms with Crippen molar-refractivity contribution in [3.63, 3.8) is 0 Å². The Morgan fingerprint density at radius 2 is 1.97 bits per heavy atom. The highest BCUT2D eigenvalue weighted by Gasteiger charge is 2.31. The van der Waals surface area contributed by atoms with Gasteiger partial charge < -0.3 is 10.3 Å². The molecule has 3 aromatic rings. The molecule has 0 bridgehead atoms. The highest BCUT2D eigenvalue weighted by Crippen LogP contribution is 2.32. The number of carbonyl (C=O) groups is 1. The van der Waals surface area contributed by atoms with Gasteiger partial charge in [-0.25, -0.2) is 0 Å². The van der Waals surface area contributed by atoms with Crippen LogP contribution in [0.2, 0.25) is 0 Å². The normalized spacial score (nSPS) is 14.7. The molecule has 0 spiro atoms. The largest absolute Gasteiger partial charge is 0.416 e. The molecule has 2 aromatic carbocycles. The molecule has 0 saturated heterocycles. The number of alkyl halides is 3. The van der Waals surface area contributed by atoms with Crippen molar-refractivity contribution in [2.75, 3.05) is 19.6 Å². The first-order valence-electron chi connectivity index (χ1n) is 10.8. The fraction of sp³-hybridized carbons (Fsp3) is 0.320. The van der Waals surface area contributed by atoms with Crippen molar-refractivity contribution in [3.05, 3.63) is 77.0 Å². The molecular formula is C25H26F3N3O. The monoisotopic (exact) mass is 441 g/mol. The van der Waals surface area contributed by atoms with Gasteiger partial charge in [0.15, 0.2) is 0 Å². The van der Waals surface area contributed by atoms with Crippen LogP contribution in [0.3, 0.4) is 0 Å². The summed E-state index contributed by atoms with van der Waals surface area (Å²) in [5, 5.41) is 4.01. The Bertz CT molecular complexity index is 1120. The molecule has 0 radical (unpaired) electrons. The predicted octanol–water partition coefficient (Wildman–Crippen LogP) is 5.15. The minimum atomic E-state index is -4.29. The van der Waals surface area contributed by atoms with Gasteiger partial charge in [-0.3, -0.25) is 9.69 Å². The van der Waals surface area contributed by atoms with E-state index in [4.69, 9.17) is 0 Å². The lowest BCUT2D eigenvalue weighted by molar-refractivity contribution is -0.137. The van der Waals surface area contributed by atoms with Gasteiger partial charge in [-0.15, -0.1) is 0 Å². The summed E-state index contributed by atoms with van der Waals surface area (Å²) in [6.07, 6.45) is 3.35. The number of hydrogen-bond donors (Lipinski definition) is 2. The third kappa shape index (κ3) is 5.59. The number of carbonyl (C=O) groups excluding carboxylic acids is 1. The van der Waals surface area contributed by atoms with E-state index in [0.717, 1.165) is 53.5 Å². The van der Waals surface area contributed by atoms with Crippen molar-refractivity contribution in [1.29, 1.82) is 0 Å².